The van der Waals surface area contributed by atoms with Gasteiger partial charge in [0.25, 0.3) is 0 Å². The number of carbonyl (C=O) groups excluding carboxylic acids is 1. The van der Waals surface area contributed by atoms with Crippen LogP contribution in [-0.4, -0.2) is 10.9 Å². The zero-order valence-electron chi connectivity index (χ0n) is 10.0. The number of hydrogen-bond acceptors (Lipinski definition) is 2. The molecule has 18 heavy (non-hydrogen) atoms. The van der Waals surface area contributed by atoms with E-state index in [0.29, 0.717) is 13.0 Å². The molecule has 3 heteroatoms. The maximum Gasteiger partial charge on any atom is 0.227 e. The van der Waals surface area contributed by atoms with Gasteiger partial charge in [0.2, 0.25) is 5.91 Å². The summed E-state index contributed by atoms with van der Waals surface area (Å²) in [5.74, 6) is 0.200. The molecule has 0 N–H and O–H groups in total. The van der Waals surface area contributed by atoms with Crippen LogP contribution in [-0.2, 0) is 17.8 Å². The van der Waals surface area contributed by atoms with Crippen LogP contribution in [0.15, 0.2) is 48.8 Å². The van der Waals surface area contributed by atoms with Crippen molar-refractivity contribution in [3.63, 3.8) is 0 Å². The van der Waals surface area contributed by atoms with Gasteiger partial charge in [-0.2, -0.15) is 0 Å². The highest BCUT2D eigenvalue weighted by Crippen LogP contribution is 2.28. The summed E-state index contributed by atoms with van der Waals surface area (Å²) in [7, 11) is 0. The number of amides is 1. The fourth-order valence-corrected chi connectivity index (χ4v) is 2.34. The third kappa shape index (κ3) is 1.99. The molecule has 2 aromatic rings. The molecular formula is C15H14N2O. The third-order valence-corrected chi connectivity index (χ3v) is 3.28. The van der Waals surface area contributed by atoms with Gasteiger partial charge in [-0.05, 0) is 35.7 Å². The number of nitrogens with zero attached hydrogens (tertiary/aromatic N) is 2. The molecule has 0 bridgehead atoms. The second-order valence-electron chi connectivity index (χ2n) is 4.46. The first-order chi connectivity index (χ1) is 8.84. The van der Waals surface area contributed by atoms with E-state index < -0.39 is 0 Å². The molecule has 1 aliphatic heterocycles. The molecule has 3 rings (SSSR count). The number of pyridine rings is 1. The monoisotopic (exact) mass is 238 g/mol. The van der Waals surface area contributed by atoms with E-state index in [9.17, 15) is 4.79 Å². The van der Waals surface area contributed by atoms with E-state index in [1.54, 1.807) is 12.4 Å². The largest absolute Gasteiger partial charge is 0.308 e. The van der Waals surface area contributed by atoms with E-state index >= 15 is 0 Å². The second kappa shape index (κ2) is 4.61. The Morgan fingerprint density at radius 3 is 2.67 bits per heavy atom. The van der Waals surface area contributed by atoms with E-state index in [0.717, 1.165) is 17.7 Å². The predicted octanol–water partition coefficient (Wildman–Crippen LogP) is 2.56. The molecule has 1 amide bonds. The standard InChI is InChI=1S/C15H14N2O/c18-15-6-5-13-3-1-2-4-14(13)17(15)11-12-7-9-16-10-8-12/h1-4,7-10H,5-6,11H2. The van der Waals surface area contributed by atoms with Gasteiger partial charge in [0.1, 0.15) is 0 Å². The quantitative estimate of drug-likeness (QED) is 0.805. The van der Waals surface area contributed by atoms with Gasteiger partial charge in [-0.3, -0.25) is 9.78 Å². The molecule has 2 heterocycles. The Kier molecular flexibility index (Phi) is 2.81. The number of aromatic nitrogens is 1. The molecule has 0 radical (unpaired) electrons. The smallest absolute Gasteiger partial charge is 0.227 e. The zero-order chi connectivity index (χ0) is 12.4. The van der Waals surface area contributed by atoms with Crippen molar-refractivity contribution in [1.29, 1.82) is 0 Å². The van der Waals surface area contributed by atoms with Crippen molar-refractivity contribution < 1.29 is 4.79 Å². The van der Waals surface area contributed by atoms with Crippen LogP contribution in [0.1, 0.15) is 17.5 Å². The summed E-state index contributed by atoms with van der Waals surface area (Å²) in [6.45, 7) is 0.623. The summed E-state index contributed by atoms with van der Waals surface area (Å²) >= 11 is 0. The number of aryl methyl sites for hydroxylation is 1. The minimum atomic E-state index is 0.200. The minimum absolute atomic E-state index is 0.200. The number of anilines is 1. The molecule has 3 nitrogen and oxygen atoms in total. The normalized spacial score (nSPS) is 14.4. The molecule has 1 aromatic heterocycles. The Bertz CT molecular complexity index is 566. The van der Waals surface area contributed by atoms with E-state index in [1.165, 1.54) is 5.56 Å². The Labute approximate surface area is 106 Å². The lowest BCUT2D eigenvalue weighted by atomic mass is 10.0. The molecule has 0 atom stereocenters. The van der Waals surface area contributed by atoms with Gasteiger partial charge in [0.05, 0.1) is 6.54 Å². The number of benzene rings is 1. The molecular weight excluding hydrogens is 224 g/mol. The van der Waals surface area contributed by atoms with Crippen molar-refractivity contribution in [3.05, 3.63) is 59.9 Å². The van der Waals surface area contributed by atoms with Crippen LogP contribution in [0.3, 0.4) is 0 Å². The fourth-order valence-electron chi connectivity index (χ4n) is 2.34. The number of para-hydroxylation sites is 1. The Hall–Kier alpha value is -2.16. The van der Waals surface area contributed by atoms with E-state index in [4.69, 9.17) is 0 Å². The number of carbonyl (C=O) groups is 1. The number of hydrogen-bond donors (Lipinski definition) is 0. The maximum atomic E-state index is 12.1. The lowest BCUT2D eigenvalue weighted by molar-refractivity contribution is -0.119. The van der Waals surface area contributed by atoms with Gasteiger partial charge in [-0.25, -0.2) is 0 Å². The molecule has 1 aliphatic rings. The Balaban J connectivity index is 1.94. The predicted molar refractivity (Wildman–Crippen MR) is 70.2 cm³/mol. The summed E-state index contributed by atoms with van der Waals surface area (Å²) in [5, 5.41) is 0. The molecule has 0 unspecified atom stereocenters. The molecule has 0 spiro atoms. The molecule has 0 saturated heterocycles. The highest BCUT2D eigenvalue weighted by molar-refractivity contribution is 5.96. The van der Waals surface area contributed by atoms with Crippen LogP contribution in [0.2, 0.25) is 0 Å². The van der Waals surface area contributed by atoms with Crippen LogP contribution >= 0.6 is 0 Å². The van der Waals surface area contributed by atoms with Gasteiger partial charge in [-0.1, -0.05) is 18.2 Å². The molecule has 90 valence electrons. The van der Waals surface area contributed by atoms with Crippen molar-refractivity contribution in [2.75, 3.05) is 4.90 Å². The Morgan fingerprint density at radius 2 is 1.83 bits per heavy atom. The zero-order valence-corrected chi connectivity index (χ0v) is 10.0. The van der Waals surface area contributed by atoms with Gasteiger partial charge in [-0.15, -0.1) is 0 Å². The first kappa shape index (κ1) is 11.0. The minimum Gasteiger partial charge on any atom is -0.308 e. The maximum absolute atomic E-state index is 12.1. The Morgan fingerprint density at radius 1 is 1.06 bits per heavy atom. The van der Waals surface area contributed by atoms with Crippen LogP contribution < -0.4 is 4.90 Å². The van der Waals surface area contributed by atoms with Crippen molar-refractivity contribution in [2.24, 2.45) is 0 Å². The summed E-state index contributed by atoms with van der Waals surface area (Å²) in [4.78, 5) is 17.9. The molecule has 0 aliphatic carbocycles. The first-order valence-corrected chi connectivity index (χ1v) is 6.12. The topological polar surface area (TPSA) is 33.2 Å². The second-order valence-corrected chi connectivity index (χ2v) is 4.46. The summed E-state index contributed by atoms with van der Waals surface area (Å²) in [5.41, 5.74) is 3.41. The van der Waals surface area contributed by atoms with Crippen molar-refractivity contribution in [1.82, 2.24) is 4.98 Å². The van der Waals surface area contributed by atoms with E-state index in [2.05, 4.69) is 11.1 Å². The average molecular weight is 238 g/mol. The van der Waals surface area contributed by atoms with Crippen LogP contribution in [0.5, 0.6) is 0 Å². The van der Waals surface area contributed by atoms with E-state index in [-0.39, 0.29) is 5.91 Å². The number of fused-ring (bicyclic) bond motifs is 1. The number of rotatable bonds is 2. The summed E-state index contributed by atoms with van der Waals surface area (Å²) in [6, 6.07) is 12.0. The summed E-state index contributed by atoms with van der Waals surface area (Å²) < 4.78 is 0. The van der Waals surface area contributed by atoms with Crippen molar-refractivity contribution >= 4 is 11.6 Å². The van der Waals surface area contributed by atoms with Gasteiger partial charge >= 0.3 is 0 Å². The fraction of sp³-hybridized carbons (Fsp3) is 0.200. The molecule has 1 aromatic carbocycles. The lowest BCUT2D eigenvalue weighted by Gasteiger charge is -2.29. The average Bonchev–Trinajstić information content (AvgIpc) is 2.43. The first-order valence-electron chi connectivity index (χ1n) is 6.12. The van der Waals surface area contributed by atoms with Crippen molar-refractivity contribution in [3.8, 4) is 0 Å². The van der Waals surface area contributed by atoms with Gasteiger partial charge < -0.3 is 4.90 Å². The SMILES string of the molecule is O=C1CCc2ccccc2N1Cc1ccncc1. The van der Waals surface area contributed by atoms with Crippen molar-refractivity contribution in [2.45, 2.75) is 19.4 Å². The molecule has 0 fully saturated rings. The van der Waals surface area contributed by atoms with E-state index in [1.807, 2.05) is 35.2 Å². The van der Waals surface area contributed by atoms with Crippen LogP contribution in [0, 0.1) is 0 Å². The lowest BCUT2D eigenvalue weighted by Crippen LogP contribution is -2.34. The van der Waals surface area contributed by atoms with Crippen LogP contribution in [0.4, 0.5) is 5.69 Å². The third-order valence-electron chi connectivity index (χ3n) is 3.28. The summed E-state index contributed by atoms with van der Waals surface area (Å²) in [6.07, 6.45) is 4.97. The highest BCUT2D eigenvalue weighted by atomic mass is 16.2. The molecule has 0 saturated carbocycles. The highest BCUT2D eigenvalue weighted by Gasteiger charge is 2.23. The van der Waals surface area contributed by atoms with Crippen LogP contribution in [0.25, 0.3) is 0 Å². The van der Waals surface area contributed by atoms with Gasteiger partial charge in [0, 0.05) is 24.5 Å². The van der Waals surface area contributed by atoms with Gasteiger partial charge in [0.15, 0.2) is 0 Å².